The molecule has 1 unspecified atom stereocenters. The number of rotatable bonds is 4. The van der Waals surface area contributed by atoms with Gasteiger partial charge >= 0.3 is 0 Å². The largest absolute Gasteiger partial charge is 0.371 e. The summed E-state index contributed by atoms with van der Waals surface area (Å²) >= 11 is 9.34. The first kappa shape index (κ1) is 11.4. The first-order chi connectivity index (χ1) is 7.16. The van der Waals surface area contributed by atoms with Crippen LogP contribution in [0.25, 0.3) is 0 Å². The number of epoxide rings is 1. The number of halogens is 2. The van der Waals surface area contributed by atoms with Gasteiger partial charge < -0.3 is 9.47 Å². The van der Waals surface area contributed by atoms with Crippen molar-refractivity contribution in [2.75, 3.05) is 13.2 Å². The average Bonchev–Trinajstić information content (AvgIpc) is 2.97. The minimum absolute atomic E-state index is 0.0563. The Labute approximate surface area is 103 Å². The van der Waals surface area contributed by atoms with Crippen LogP contribution in [0.1, 0.15) is 18.6 Å². The molecule has 1 aliphatic rings. The third-order valence-corrected chi connectivity index (χ3v) is 3.26. The molecule has 1 aliphatic heterocycles. The summed E-state index contributed by atoms with van der Waals surface area (Å²) in [6.45, 7) is 3.51. The van der Waals surface area contributed by atoms with E-state index in [0.29, 0.717) is 12.7 Å². The summed E-state index contributed by atoms with van der Waals surface area (Å²) < 4.78 is 11.7. The summed E-state index contributed by atoms with van der Waals surface area (Å²) in [5.41, 5.74) is 1.11. The van der Waals surface area contributed by atoms with Crippen LogP contribution in [-0.4, -0.2) is 19.3 Å². The Kier molecular flexibility index (Phi) is 3.67. The Balaban J connectivity index is 1.99. The zero-order chi connectivity index (χ0) is 10.8. The number of ether oxygens (including phenoxy) is 2. The molecular formula is C11H12BrClO2. The van der Waals surface area contributed by atoms with Gasteiger partial charge in [0.15, 0.2) is 0 Å². The van der Waals surface area contributed by atoms with Crippen molar-refractivity contribution in [3.8, 4) is 0 Å². The highest BCUT2D eigenvalue weighted by atomic mass is 79.9. The van der Waals surface area contributed by atoms with E-state index in [1.807, 2.05) is 25.1 Å². The Morgan fingerprint density at radius 1 is 1.67 bits per heavy atom. The maximum absolute atomic E-state index is 5.87. The van der Waals surface area contributed by atoms with Gasteiger partial charge in [-0.25, -0.2) is 0 Å². The lowest BCUT2D eigenvalue weighted by molar-refractivity contribution is 0.0535. The molecule has 1 heterocycles. The summed E-state index contributed by atoms with van der Waals surface area (Å²) in [6.07, 6.45) is 0.361. The van der Waals surface area contributed by atoms with Crippen LogP contribution in [0.5, 0.6) is 0 Å². The normalized spacial score (nSPS) is 21.4. The Bertz CT molecular complexity index is 352. The van der Waals surface area contributed by atoms with Crippen LogP contribution < -0.4 is 0 Å². The minimum Gasteiger partial charge on any atom is -0.371 e. The van der Waals surface area contributed by atoms with E-state index in [-0.39, 0.29) is 6.10 Å². The molecule has 0 bridgehead atoms. The van der Waals surface area contributed by atoms with Gasteiger partial charge in [-0.2, -0.15) is 0 Å². The Hall–Kier alpha value is -0.0900. The van der Waals surface area contributed by atoms with Gasteiger partial charge in [0.2, 0.25) is 0 Å². The van der Waals surface area contributed by atoms with Crippen molar-refractivity contribution >= 4 is 27.5 Å². The monoisotopic (exact) mass is 290 g/mol. The molecule has 2 nitrogen and oxygen atoms in total. The molecule has 0 spiro atoms. The lowest BCUT2D eigenvalue weighted by Gasteiger charge is -2.14. The van der Waals surface area contributed by atoms with Gasteiger partial charge in [0.25, 0.3) is 0 Å². The van der Waals surface area contributed by atoms with Crippen molar-refractivity contribution in [3.63, 3.8) is 0 Å². The summed E-state index contributed by atoms with van der Waals surface area (Å²) in [5, 5.41) is 0.725. The van der Waals surface area contributed by atoms with Crippen molar-refractivity contribution < 1.29 is 9.47 Å². The predicted octanol–water partition coefficient (Wildman–Crippen LogP) is 3.58. The lowest BCUT2D eigenvalue weighted by Crippen LogP contribution is -2.06. The van der Waals surface area contributed by atoms with Gasteiger partial charge in [-0.05, 0) is 24.6 Å². The van der Waals surface area contributed by atoms with Crippen LogP contribution in [0.2, 0.25) is 5.02 Å². The first-order valence-electron chi connectivity index (χ1n) is 4.85. The van der Waals surface area contributed by atoms with Crippen LogP contribution in [0.15, 0.2) is 22.7 Å². The van der Waals surface area contributed by atoms with E-state index in [0.717, 1.165) is 21.7 Å². The molecule has 82 valence electrons. The zero-order valence-corrected chi connectivity index (χ0v) is 10.7. The van der Waals surface area contributed by atoms with Gasteiger partial charge in [0, 0.05) is 9.50 Å². The minimum atomic E-state index is 0.0563. The fraction of sp³-hybridized carbons (Fsp3) is 0.455. The highest BCUT2D eigenvalue weighted by Crippen LogP contribution is 2.29. The van der Waals surface area contributed by atoms with Gasteiger partial charge in [-0.15, -0.1) is 0 Å². The summed E-state index contributed by atoms with van der Waals surface area (Å²) in [7, 11) is 0. The summed E-state index contributed by atoms with van der Waals surface area (Å²) in [4.78, 5) is 0. The molecule has 0 aliphatic carbocycles. The van der Waals surface area contributed by atoms with Gasteiger partial charge in [0.05, 0.1) is 19.3 Å². The zero-order valence-electron chi connectivity index (χ0n) is 8.37. The van der Waals surface area contributed by atoms with Gasteiger partial charge in [-0.1, -0.05) is 33.6 Å². The van der Waals surface area contributed by atoms with Gasteiger partial charge in [-0.3, -0.25) is 0 Å². The van der Waals surface area contributed by atoms with E-state index < -0.39 is 0 Å². The van der Waals surface area contributed by atoms with Crippen molar-refractivity contribution in [1.29, 1.82) is 0 Å². The predicted molar refractivity (Wildman–Crippen MR) is 63.3 cm³/mol. The van der Waals surface area contributed by atoms with E-state index in [1.54, 1.807) is 0 Å². The highest BCUT2D eigenvalue weighted by Gasteiger charge is 2.24. The third kappa shape index (κ3) is 3.18. The molecule has 1 aromatic rings. The van der Waals surface area contributed by atoms with Crippen molar-refractivity contribution in [1.82, 2.24) is 0 Å². The van der Waals surface area contributed by atoms with E-state index in [2.05, 4.69) is 15.9 Å². The smallest absolute Gasteiger partial charge is 0.104 e. The Morgan fingerprint density at radius 2 is 2.40 bits per heavy atom. The lowest BCUT2D eigenvalue weighted by atomic mass is 10.1. The third-order valence-electron chi connectivity index (χ3n) is 2.33. The molecular weight excluding hydrogens is 279 g/mol. The molecule has 0 N–H and O–H groups in total. The SMILES string of the molecule is C[C@@H](OCC1CO1)c1ccc(Cl)cc1Br. The number of hydrogen-bond acceptors (Lipinski definition) is 2. The van der Waals surface area contributed by atoms with E-state index in [4.69, 9.17) is 21.1 Å². The molecule has 0 radical (unpaired) electrons. The molecule has 1 fully saturated rings. The van der Waals surface area contributed by atoms with Crippen molar-refractivity contribution in [2.45, 2.75) is 19.1 Å². The standard InChI is InChI=1S/C11H12BrClO2/c1-7(14-5-9-6-15-9)10-3-2-8(13)4-11(10)12/h2-4,7,9H,5-6H2,1H3/t7-,9?/m1/s1. The summed E-state index contributed by atoms with van der Waals surface area (Å²) in [6, 6.07) is 5.73. The highest BCUT2D eigenvalue weighted by molar-refractivity contribution is 9.10. The molecule has 0 amide bonds. The summed E-state index contributed by atoms with van der Waals surface area (Å²) in [5.74, 6) is 0. The molecule has 2 rings (SSSR count). The van der Waals surface area contributed by atoms with E-state index in [1.165, 1.54) is 0 Å². The fourth-order valence-corrected chi connectivity index (χ4v) is 2.34. The van der Waals surface area contributed by atoms with Crippen molar-refractivity contribution in [2.24, 2.45) is 0 Å². The molecule has 1 aromatic carbocycles. The number of benzene rings is 1. The molecule has 15 heavy (non-hydrogen) atoms. The Morgan fingerprint density at radius 3 is 3.00 bits per heavy atom. The molecule has 4 heteroatoms. The van der Waals surface area contributed by atoms with Crippen molar-refractivity contribution in [3.05, 3.63) is 33.3 Å². The van der Waals surface area contributed by atoms with Crippen LogP contribution in [0.4, 0.5) is 0 Å². The molecule has 0 saturated carbocycles. The van der Waals surface area contributed by atoms with Crippen LogP contribution in [0, 0.1) is 0 Å². The van der Waals surface area contributed by atoms with Gasteiger partial charge in [0.1, 0.15) is 6.10 Å². The number of hydrogen-bond donors (Lipinski definition) is 0. The van der Waals surface area contributed by atoms with Crippen LogP contribution >= 0.6 is 27.5 Å². The second-order valence-electron chi connectivity index (χ2n) is 3.60. The van der Waals surface area contributed by atoms with E-state index >= 15 is 0 Å². The second kappa shape index (κ2) is 4.83. The van der Waals surface area contributed by atoms with E-state index in [9.17, 15) is 0 Å². The fourth-order valence-electron chi connectivity index (χ4n) is 1.34. The maximum Gasteiger partial charge on any atom is 0.104 e. The molecule has 0 aromatic heterocycles. The first-order valence-corrected chi connectivity index (χ1v) is 6.02. The van der Waals surface area contributed by atoms with Crippen LogP contribution in [0.3, 0.4) is 0 Å². The topological polar surface area (TPSA) is 21.8 Å². The quantitative estimate of drug-likeness (QED) is 0.791. The van der Waals surface area contributed by atoms with Crippen LogP contribution in [-0.2, 0) is 9.47 Å². The average molecular weight is 292 g/mol. The molecule has 2 atom stereocenters. The second-order valence-corrected chi connectivity index (χ2v) is 4.89. The molecule has 1 saturated heterocycles. The maximum atomic E-state index is 5.87.